The molecule has 0 saturated heterocycles. The summed E-state index contributed by atoms with van der Waals surface area (Å²) in [6, 6.07) is -0.557. The largest absolute Gasteiger partial charge is 0.480 e. The number of hydrogen-bond donors (Lipinski definition) is 2. The molecule has 0 aliphatic carbocycles. The highest BCUT2D eigenvalue weighted by Crippen LogP contribution is 2.07. The van der Waals surface area contributed by atoms with Crippen molar-refractivity contribution in [3.63, 3.8) is 0 Å². The summed E-state index contributed by atoms with van der Waals surface area (Å²) >= 11 is 0. The minimum absolute atomic E-state index is 0.175. The van der Waals surface area contributed by atoms with Crippen LogP contribution in [0.1, 0.15) is 32.0 Å². The molecule has 0 aliphatic rings. The van der Waals surface area contributed by atoms with Gasteiger partial charge in [0.15, 0.2) is 0 Å². The monoisotopic (exact) mass is 282 g/mol. The summed E-state index contributed by atoms with van der Waals surface area (Å²) in [6.45, 7) is 5.60. The van der Waals surface area contributed by atoms with E-state index < -0.39 is 5.97 Å². The van der Waals surface area contributed by atoms with Gasteiger partial charge < -0.3 is 15.3 Å². The smallest absolute Gasteiger partial charge is 0.323 e. The fraction of sp³-hybridized carbons (Fsp3) is 0.615. The zero-order valence-electron chi connectivity index (χ0n) is 12.4. The Kier molecular flexibility index (Phi) is 5.54. The Morgan fingerprint density at radius 2 is 2.15 bits per heavy atom. The molecule has 0 aliphatic heterocycles. The fourth-order valence-electron chi connectivity index (χ4n) is 1.94. The number of rotatable bonds is 6. The highest BCUT2D eigenvalue weighted by atomic mass is 16.4. The summed E-state index contributed by atoms with van der Waals surface area (Å²) in [6.07, 6.45) is 2.64. The average molecular weight is 282 g/mol. The first kappa shape index (κ1) is 16.0. The second-order valence-corrected chi connectivity index (χ2v) is 4.90. The van der Waals surface area contributed by atoms with E-state index in [0.717, 1.165) is 17.7 Å². The Balaban J connectivity index is 2.67. The summed E-state index contributed by atoms with van der Waals surface area (Å²) in [5.41, 5.74) is 1.88. The molecule has 112 valence electrons. The maximum Gasteiger partial charge on any atom is 0.323 e. The Labute approximate surface area is 118 Å². The molecule has 0 saturated carbocycles. The molecule has 0 fully saturated rings. The van der Waals surface area contributed by atoms with Gasteiger partial charge in [-0.2, -0.15) is 5.10 Å². The predicted octanol–water partition coefficient (Wildman–Crippen LogP) is 0.987. The summed E-state index contributed by atoms with van der Waals surface area (Å²) in [7, 11) is 1.83. The Morgan fingerprint density at radius 1 is 1.50 bits per heavy atom. The summed E-state index contributed by atoms with van der Waals surface area (Å²) in [5.74, 6) is -1.02. The van der Waals surface area contributed by atoms with Gasteiger partial charge in [-0.1, -0.05) is 6.92 Å². The lowest BCUT2D eigenvalue weighted by Crippen LogP contribution is -2.46. The number of nitrogens with zero attached hydrogens (tertiary/aromatic N) is 3. The number of carboxylic acids is 1. The van der Waals surface area contributed by atoms with Gasteiger partial charge in [-0.15, -0.1) is 0 Å². The van der Waals surface area contributed by atoms with Gasteiger partial charge in [-0.3, -0.25) is 9.48 Å². The van der Waals surface area contributed by atoms with Gasteiger partial charge in [0.1, 0.15) is 6.54 Å². The van der Waals surface area contributed by atoms with E-state index in [2.05, 4.69) is 10.4 Å². The number of nitrogens with one attached hydrogen (secondary N) is 1. The number of amides is 2. The number of urea groups is 1. The van der Waals surface area contributed by atoms with E-state index in [4.69, 9.17) is 5.11 Å². The Bertz CT molecular complexity index is 482. The van der Waals surface area contributed by atoms with Crippen molar-refractivity contribution in [3.05, 3.63) is 17.5 Å². The molecule has 2 N–H and O–H groups in total. The number of carboxylic acid groups (broad SMARTS) is 1. The standard InChI is InChI=1S/C13H22N4O3/c1-5-11-10(7-16(4)15-11)6-14-13(20)17(9(2)3)8-12(18)19/h7,9H,5-6,8H2,1-4H3,(H,14,20)(H,18,19). The van der Waals surface area contributed by atoms with Crippen molar-refractivity contribution in [2.75, 3.05) is 6.54 Å². The van der Waals surface area contributed by atoms with Crippen LogP contribution in [0.2, 0.25) is 0 Å². The van der Waals surface area contributed by atoms with Crippen LogP contribution in [-0.2, 0) is 24.8 Å². The molecule has 2 amide bonds. The molecule has 0 unspecified atom stereocenters. The maximum atomic E-state index is 12.0. The molecule has 7 heteroatoms. The van der Waals surface area contributed by atoms with Gasteiger partial charge in [0.05, 0.1) is 5.69 Å². The van der Waals surface area contributed by atoms with Gasteiger partial charge in [0.2, 0.25) is 0 Å². The van der Waals surface area contributed by atoms with Gasteiger partial charge in [-0.25, -0.2) is 4.79 Å². The van der Waals surface area contributed by atoms with Crippen LogP contribution in [0.4, 0.5) is 4.79 Å². The first-order valence-electron chi connectivity index (χ1n) is 6.62. The van der Waals surface area contributed by atoms with E-state index in [-0.39, 0.29) is 18.6 Å². The number of hydrogen-bond acceptors (Lipinski definition) is 3. The topological polar surface area (TPSA) is 87.5 Å². The second-order valence-electron chi connectivity index (χ2n) is 4.90. The van der Waals surface area contributed by atoms with Crippen molar-refractivity contribution in [1.29, 1.82) is 0 Å². The molecule has 1 aromatic rings. The normalized spacial score (nSPS) is 10.7. The third-order valence-corrected chi connectivity index (χ3v) is 2.95. The zero-order valence-corrected chi connectivity index (χ0v) is 12.4. The molecule has 1 rings (SSSR count). The van der Waals surface area contributed by atoms with Crippen LogP contribution in [0.25, 0.3) is 0 Å². The predicted molar refractivity (Wildman–Crippen MR) is 74.3 cm³/mol. The van der Waals surface area contributed by atoms with E-state index in [9.17, 15) is 9.59 Å². The number of carbonyl (C=O) groups is 2. The maximum absolute atomic E-state index is 12.0. The van der Waals surface area contributed by atoms with Crippen LogP contribution in [0, 0.1) is 0 Å². The minimum Gasteiger partial charge on any atom is -0.480 e. The van der Waals surface area contributed by atoms with E-state index in [0.29, 0.717) is 6.54 Å². The SMILES string of the molecule is CCc1nn(C)cc1CNC(=O)N(CC(=O)O)C(C)C. The molecule has 0 atom stereocenters. The first-order chi connectivity index (χ1) is 9.35. The molecule has 20 heavy (non-hydrogen) atoms. The van der Waals surface area contributed by atoms with Crippen molar-refractivity contribution in [2.24, 2.45) is 7.05 Å². The number of carbonyl (C=O) groups excluding carboxylic acids is 1. The summed E-state index contributed by atoms with van der Waals surface area (Å²) in [5, 5.41) is 15.9. The van der Waals surface area contributed by atoms with Crippen LogP contribution in [0.15, 0.2) is 6.20 Å². The summed E-state index contributed by atoms with van der Waals surface area (Å²) in [4.78, 5) is 24.1. The molecule has 7 nitrogen and oxygen atoms in total. The third kappa shape index (κ3) is 4.25. The number of aryl methyl sites for hydroxylation is 2. The van der Waals surface area contributed by atoms with Crippen molar-refractivity contribution in [3.8, 4) is 0 Å². The average Bonchev–Trinajstić information content (AvgIpc) is 2.73. The highest BCUT2D eigenvalue weighted by molar-refractivity contribution is 5.80. The Morgan fingerprint density at radius 3 is 2.65 bits per heavy atom. The molecular formula is C13H22N4O3. The second kappa shape index (κ2) is 6.93. The highest BCUT2D eigenvalue weighted by Gasteiger charge is 2.19. The van der Waals surface area contributed by atoms with E-state index >= 15 is 0 Å². The lowest BCUT2D eigenvalue weighted by molar-refractivity contribution is -0.138. The van der Waals surface area contributed by atoms with Crippen LogP contribution < -0.4 is 5.32 Å². The van der Waals surface area contributed by atoms with Gasteiger partial charge in [0, 0.05) is 31.4 Å². The van der Waals surface area contributed by atoms with Crippen LogP contribution >= 0.6 is 0 Å². The van der Waals surface area contributed by atoms with Crippen molar-refractivity contribution in [1.82, 2.24) is 20.0 Å². The third-order valence-electron chi connectivity index (χ3n) is 2.95. The fourth-order valence-corrected chi connectivity index (χ4v) is 1.94. The molecule has 0 bridgehead atoms. The van der Waals surface area contributed by atoms with Crippen LogP contribution in [0.3, 0.4) is 0 Å². The molecule has 1 aromatic heterocycles. The molecule has 0 aromatic carbocycles. The summed E-state index contributed by atoms with van der Waals surface area (Å²) < 4.78 is 1.71. The Hall–Kier alpha value is -2.05. The van der Waals surface area contributed by atoms with E-state index in [1.807, 2.05) is 20.2 Å². The molecule has 0 spiro atoms. The lowest BCUT2D eigenvalue weighted by atomic mass is 10.2. The quantitative estimate of drug-likeness (QED) is 0.814. The van der Waals surface area contributed by atoms with Crippen molar-refractivity contribution in [2.45, 2.75) is 39.8 Å². The lowest BCUT2D eigenvalue weighted by Gasteiger charge is -2.25. The van der Waals surface area contributed by atoms with Gasteiger partial charge >= 0.3 is 12.0 Å². The van der Waals surface area contributed by atoms with E-state index in [1.54, 1.807) is 18.5 Å². The molecule has 0 radical (unpaired) electrons. The van der Waals surface area contributed by atoms with Crippen molar-refractivity contribution < 1.29 is 14.7 Å². The van der Waals surface area contributed by atoms with Crippen molar-refractivity contribution >= 4 is 12.0 Å². The molecule has 1 heterocycles. The number of aromatic nitrogens is 2. The van der Waals surface area contributed by atoms with Crippen LogP contribution in [0.5, 0.6) is 0 Å². The zero-order chi connectivity index (χ0) is 15.3. The van der Waals surface area contributed by atoms with Gasteiger partial charge in [-0.05, 0) is 20.3 Å². The minimum atomic E-state index is -1.02. The van der Waals surface area contributed by atoms with Gasteiger partial charge in [0.25, 0.3) is 0 Å². The van der Waals surface area contributed by atoms with Crippen LogP contribution in [-0.4, -0.2) is 44.4 Å². The molecular weight excluding hydrogens is 260 g/mol. The first-order valence-corrected chi connectivity index (χ1v) is 6.62. The number of aliphatic carboxylic acids is 1. The van der Waals surface area contributed by atoms with E-state index in [1.165, 1.54) is 4.90 Å².